The van der Waals surface area contributed by atoms with E-state index in [0.717, 1.165) is 12.5 Å². The molecule has 0 bridgehead atoms. The molecule has 0 spiro atoms. The topological polar surface area (TPSA) is 12.0 Å². The van der Waals surface area contributed by atoms with Crippen LogP contribution in [0.2, 0.25) is 0 Å². The molecule has 0 unspecified atom stereocenters. The average molecular weight is 255 g/mol. The number of hydrogen-bond donors (Lipinski definition) is 1. The van der Waals surface area contributed by atoms with E-state index in [0.29, 0.717) is 0 Å². The summed E-state index contributed by atoms with van der Waals surface area (Å²) in [6.45, 7) is 4.50. The third kappa shape index (κ3) is 3.79. The molecular weight excluding hydrogens is 234 g/mol. The van der Waals surface area contributed by atoms with Crippen LogP contribution in [0.1, 0.15) is 29.5 Å². The molecule has 2 rings (SSSR count). The summed E-state index contributed by atoms with van der Waals surface area (Å²) < 4.78 is 0. The van der Waals surface area contributed by atoms with Gasteiger partial charge in [-0.3, -0.25) is 0 Å². The third-order valence-corrected chi connectivity index (χ3v) is 5.42. The van der Waals surface area contributed by atoms with Crippen LogP contribution in [0.15, 0.2) is 12.1 Å². The lowest BCUT2D eigenvalue weighted by atomic mass is 10.0. The van der Waals surface area contributed by atoms with E-state index in [4.69, 9.17) is 0 Å². The number of thioether (sulfide) groups is 1. The lowest BCUT2D eigenvalue weighted by Gasteiger charge is -2.21. The van der Waals surface area contributed by atoms with Gasteiger partial charge < -0.3 is 5.32 Å². The van der Waals surface area contributed by atoms with Gasteiger partial charge in [0.2, 0.25) is 0 Å². The van der Waals surface area contributed by atoms with Crippen LogP contribution in [0, 0.1) is 5.92 Å². The van der Waals surface area contributed by atoms with Crippen LogP contribution >= 0.6 is 23.1 Å². The second-order valence-electron chi connectivity index (χ2n) is 4.41. The molecule has 0 aromatic carbocycles. The Morgan fingerprint density at radius 1 is 1.25 bits per heavy atom. The molecule has 1 aliphatic rings. The van der Waals surface area contributed by atoms with Gasteiger partial charge in [-0.15, -0.1) is 11.3 Å². The fourth-order valence-electron chi connectivity index (χ4n) is 2.06. The molecule has 1 aromatic heterocycles. The van der Waals surface area contributed by atoms with Crippen molar-refractivity contribution in [2.75, 3.05) is 18.1 Å². The highest BCUT2D eigenvalue weighted by atomic mass is 32.2. The summed E-state index contributed by atoms with van der Waals surface area (Å²) in [5.41, 5.74) is 0. The fourth-order valence-corrected chi connectivity index (χ4v) is 4.19. The summed E-state index contributed by atoms with van der Waals surface area (Å²) in [5, 5.41) is 3.61. The van der Waals surface area contributed by atoms with Gasteiger partial charge >= 0.3 is 0 Å². The summed E-state index contributed by atoms with van der Waals surface area (Å²) in [6, 6.07) is 4.53. The Morgan fingerprint density at radius 3 is 2.69 bits per heavy atom. The molecule has 0 atom stereocenters. The number of thiophene rings is 1. The fraction of sp³-hybridized carbons (Fsp3) is 0.692. The zero-order valence-corrected chi connectivity index (χ0v) is 11.6. The maximum absolute atomic E-state index is 3.61. The van der Waals surface area contributed by atoms with E-state index in [1.165, 1.54) is 47.1 Å². The van der Waals surface area contributed by atoms with Gasteiger partial charge in [0.15, 0.2) is 0 Å². The molecule has 0 saturated carbocycles. The van der Waals surface area contributed by atoms with E-state index in [1.54, 1.807) is 0 Å². The maximum atomic E-state index is 3.61. The lowest BCUT2D eigenvalue weighted by Crippen LogP contribution is -2.25. The van der Waals surface area contributed by atoms with Crippen LogP contribution in [-0.4, -0.2) is 18.1 Å². The average Bonchev–Trinajstić information content (AvgIpc) is 2.78. The predicted octanol–water partition coefficient (Wildman–Crippen LogP) is 3.54. The molecule has 0 radical (unpaired) electrons. The molecule has 3 heteroatoms. The first-order chi connectivity index (χ1) is 7.88. The van der Waals surface area contributed by atoms with Crippen molar-refractivity contribution in [3.8, 4) is 0 Å². The predicted molar refractivity (Wildman–Crippen MR) is 75.5 cm³/mol. The summed E-state index contributed by atoms with van der Waals surface area (Å²) in [4.78, 5) is 2.99. The standard InChI is InChI=1S/C13H21NS2/c1-2-12-3-4-13(16-12)10-14-9-11-5-7-15-8-6-11/h3-4,11,14H,2,5-10H2,1H3. The van der Waals surface area contributed by atoms with E-state index >= 15 is 0 Å². The zero-order valence-electron chi connectivity index (χ0n) is 10.00. The van der Waals surface area contributed by atoms with Crippen molar-refractivity contribution in [2.24, 2.45) is 5.92 Å². The Bertz CT molecular complexity index is 303. The first-order valence-corrected chi connectivity index (χ1v) is 8.21. The van der Waals surface area contributed by atoms with E-state index in [-0.39, 0.29) is 0 Å². The second kappa shape index (κ2) is 6.67. The van der Waals surface area contributed by atoms with E-state index in [2.05, 4.69) is 36.1 Å². The molecule has 1 aliphatic heterocycles. The number of hydrogen-bond acceptors (Lipinski definition) is 3. The molecule has 0 aliphatic carbocycles. The molecule has 1 nitrogen and oxygen atoms in total. The van der Waals surface area contributed by atoms with Crippen LogP contribution in [-0.2, 0) is 13.0 Å². The largest absolute Gasteiger partial charge is 0.312 e. The van der Waals surface area contributed by atoms with E-state index in [1.807, 2.05) is 11.3 Å². The molecular formula is C13H21NS2. The van der Waals surface area contributed by atoms with Gasteiger partial charge in [0.05, 0.1) is 0 Å². The van der Waals surface area contributed by atoms with Gasteiger partial charge in [-0.2, -0.15) is 11.8 Å². The summed E-state index contributed by atoms with van der Waals surface area (Å²) in [7, 11) is 0. The van der Waals surface area contributed by atoms with Gasteiger partial charge in [-0.05, 0) is 55.4 Å². The minimum absolute atomic E-state index is 0.923. The molecule has 1 saturated heterocycles. The van der Waals surface area contributed by atoms with Crippen molar-refractivity contribution < 1.29 is 0 Å². The lowest BCUT2D eigenvalue weighted by molar-refractivity contribution is 0.449. The van der Waals surface area contributed by atoms with Gasteiger partial charge in [0.25, 0.3) is 0 Å². The Labute approximate surface area is 107 Å². The van der Waals surface area contributed by atoms with Gasteiger partial charge in [-0.25, -0.2) is 0 Å². The Hall–Kier alpha value is 0.01000. The van der Waals surface area contributed by atoms with Crippen molar-refractivity contribution in [1.29, 1.82) is 0 Å². The molecule has 0 amide bonds. The SMILES string of the molecule is CCc1ccc(CNCC2CCSCC2)s1. The van der Waals surface area contributed by atoms with Crippen LogP contribution in [0.25, 0.3) is 0 Å². The molecule has 16 heavy (non-hydrogen) atoms. The quantitative estimate of drug-likeness (QED) is 0.863. The number of rotatable bonds is 5. The van der Waals surface area contributed by atoms with Crippen LogP contribution in [0.3, 0.4) is 0 Å². The van der Waals surface area contributed by atoms with Crippen molar-refractivity contribution >= 4 is 23.1 Å². The van der Waals surface area contributed by atoms with Gasteiger partial charge in [0.1, 0.15) is 0 Å². The van der Waals surface area contributed by atoms with Crippen molar-refractivity contribution in [3.05, 3.63) is 21.9 Å². The van der Waals surface area contributed by atoms with Crippen LogP contribution < -0.4 is 5.32 Å². The second-order valence-corrected chi connectivity index (χ2v) is 6.89. The normalized spacial score (nSPS) is 17.8. The smallest absolute Gasteiger partial charge is 0.0299 e. The minimum atomic E-state index is 0.923. The Morgan fingerprint density at radius 2 is 2.00 bits per heavy atom. The first kappa shape index (κ1) is 12.5. The maximum Gasteiger partial charge on any atom is 0.0299 e. The number of nitrogens with one attached hydrogen (secondary N) is 1. The van der Waals surface area contributed by atoms with Crippen LogP contribution in [0.4, 0.5) is 0 Å². The van der Waals surface area contributed by atoms with Gasteiger partial charge in [-0.1, -0.05) is 6.92 Å². The highest BCUT2D eigenvalue weighted by Gasteiger charge is 2.12. The van der Waals surface area contributed by atoms with E-state index < -0.39 is 0 Å². The molecule has 2 heterocycles. The number of aryl methyl sites for hydroxylation is 1. The van der Waals surface area contributed by atoms with Crippen molar-refractivity contribution in [1.82, 2.24) is 5.32 Å². The molecule has 1 N–H and O–H groups in total. The van der Waals surface area contributed by atoms with Gasteiger partial charge in [0, 0.05) is 16.3 Å². The highest BCUT2D eigenvalue weighted by Crippen LogP contribution is 2.22. The first-order valence-electron chi connectivity index (χ1n) is 6.24. The molecule has 90 valence electrons. The zero-order chi connectivity index (χ0) is 11.2. The third-order valence-electron chi connectivity index (χ3n) is 3.14. The van der Waals surface area contributed by atoms with E-state index in [9.17, 15) is 0 Å². The van der Waals surface area contributed by atoms with Crippen LogP contribution in [0.5, 0.6) is 0 Å². The molecule has 1 aromatic rings. The highest BCUT2D eigenvalue weighted by molar-refractivity contribution is 7.99. The summed E-state index contributed by atoms with van der Waals surface area (Å²) >= 11 is 4.06. The Kier molecular flexibility index (Phi) is 5.20. The molecule has 1 fully saturated rings. The van der Waals surface area contributed by atoms with Crippen molar-refractivity contribution in [3.63, 3.8) is 0 Å². The Balaban J connectivity index is 1.66. The summed E-state index contributed by atoms with van der Waals surface area (Å²) in [6.07, 6.45) is 3.98. The van der Waals surface area contributed by atoms with Crippen molar-refractivity contribution in [2.45, 2.75) is 32.7 Å². The monoisotopic (exact) mass is 255 g/mol. The summed E-state index contributed by atoms with van der Waals surface area (Å²) in [5.74, 6) is 3.66. The minimum Gasteiger partial charge on any atom is -0.312 e.